The summed E-state index contributed by atoms with van der Waals surface area (Å²) >= 11 is 0. The third-order valence-electron chi connectivity index (χ3n) is 4.71. The van der Waals surface area contributed by atoms with Crippen LogP contribution in [0.5, 0.6) is 0 Å². The average molecular weight is 283 g/mol. The first-order valence-corrected chi connectivity index (χ1v) is 7.74. The van der Waals surface area contributed by atoms with Crippen molar-refractivity contribution < 1.29 is 4.42 Å². The molecule has 2 fully saturated rings. The zero-order chi connectivity index (χ0) is 14.1. The van der Waals surface area contributed by atoms with Crippen molar-refractivity contribution >= 4 is 0 Å². The summed E-state index contributed by atoms with van der Waals surface area (Å²) in [7, 11) is 0. The third-order valence-corrected chi connectivity index (χ3v) is 4.71. The summed E-state index contributed by atoms with van der Waals surface area (Å²) in [5.74, 6) is 2.70. The number of fused-ring (bicyclic) bond motifs is 1. The fraction of sp³-hybridized carbons (Fsp3) is 0.471. The lowest BCUT2D eigenvalue weighted by Gasteiger charge is -2.20. The lowest BCUT2D eigenvalue weighted by Crippen LogP contribution is -2.28. The lowest BCUT2D eigenvalue weighted by atomic mass is 10.0. The smallest absolute Gasteiger partial charge is 0.117 e. The van der Waals surface area contributed by atoms with Crippen molar-refractivity contribution in [2.75, 3.05) is 26.2 Å². The highest BCUT2D eigenvalue weighted by Crippen LogP contribution is 2.32. The van der Waals surface area contributed by atoms with Crippen molar-refractivity contribution in [2.24, 2.45) is 11.8 Å². The van der Waals surface area contributed by atoms with E-state index in [1.807, 2.05) is 18.3 Å². The maximum atomic E-state index is 5.46. The first-order valence-electron chi connectivity index (χ1n) is 7.74. The van der Waals surface area contributed by atoms with Gasteiger partial charge in [-0.05, 0) is 36.1 Å². The minimum atomic E-state index is 0.809. The summed E-state index contributed by atoms with van der Waals surface area (Å²) in [6.45, 7) is 6.76. The molecule has 4 rings (SSSR count). The molecule has 4 nitrogen and oxygen atoms in total. The van der Waals surface area contributed by atoms with E-state index in [2.05, 4.69) is 33.0 Å². The largest absolute Gasteiger partial charge is 0.468 e. The highest BCUT2D eigenvalue weighted by Gasteiger charge is 2.39. The molecule has 0 amide bonds. The van der Waals surface area contributed by atoms with Crippen LogP contribution in [0.3, 0.4) is 0 Å². The van der Waals surface area contributed by atoms with Crippen molar-refractivity contribution in [3.63, 3.8) is 0 Å². The molecule has 2 atom stereocenters. The van der Waals surface area contributed by atoms with E-state index >= 15 is 0 Å². The zero-order valence-electron chi connectivity index (χ0n) is 12.2. The Morgan fingerprint density at radius 1 is 0.952 bits per heavy atom. The van der Waals surface area contributed by atoms with Crippen LogP contribution >= 0.6 is 0 Å². The van der Waals surface area contributed by atoms with Crippen molar-refractivity contribution in [3.05, 3.63) is 54.2 Å². The quantitative estimate of drug-likeness (QED) is 0.861. The van der Waals surface area contributed by atoms with Crippen LogP contribution in [0.4, 0.5) is 0 Å². The standard InChI is InChI=1S/C17H21N3O/c1-2-6-18-16(4-1)12-19-8-14-10-20(11-15(14)9-19)13-17-5-3-7-21-17/h1-7,14-15H,8-13H2. The summed E-state index contributed by atoms with van der Waals surface area (Å²) in [4.78, 5) is 9.53. The van der Waals surface area contributed by atoms with E-state index in [0.29, 0.717) is 0 Å². The molecule has 4 heteroatoms. The summed E-state index contributed by atoms with van der Waals surface area (Å²) in [5.41, 5.74) is 1.19. The molecule has 0 N–H and O–H groups in total. The van der Waals surface area contributed by atoms with Gasteiger partial charge in [-0.3, -0.25) is 14.8 Å². The Balaban J connectivity index is 1.31. The van der Waals surface area contributed by atoms with Crippen LogP contribution in [-0.2, 0) is 13.1 Å². The van der Waals surface area contributed by atoms with Crippen LogP contribution < -0.4 is 0 Å². The molecule has 2 saturated heterocycles. The minimum Gasteiger partial charge on any atom is -0.468 e. The molecule has 2 aliphatic heterocycles. The first kappa shape index (κ1) is 13.0. The zero-order valence-corrected chi connectivity index (χ0v) is 12.2. The molecule has 2 aromatic heterocycles. The molecule has 0 saturated carbocycles. The van der Waals surface area contributed by atoms with Crippen molar-refractivity contribution in [2.45, 2.75) is 13.1 Å². The van der Waals surface area contributed by atoms with Gasteiger partial charge in [0.15, 0.2) is 0 Å². The van der Waals surface area contributed by atoms with Gasteiger partial charge in [-0.2, -0.15) is 0 Å². The minimum absolute atomic E-state index is 0.809. The van der Waals surface area contributed by atoms with Crippen LogP contribution in [-0.4, -0.2) is 41.0 Å². The van der Waals surface area contributed by atoms with Gasteiger partial charge in [0.25, 0.3) is 0 Å². The third kappa shape index (κ3) is 2.87. The fourth-order valence-electron chi connectivity index (χ4n) is 3.79. The highest BCUT2D eigenvalue weighted by molar-refractivity contribution is 5.05. The van der Waals surface area contributed by atoms with Gasteiger partial charge in [0.05, 0.1) is 18.5 Å². The van der Waals surface area contributed by atoms with Gasteiger partial charge in [-0.15, -0.1) is 0 Å². The monoisotopic (exact) mass is 283 g/mol. The highest BCUT2D eigenvalue weighted by atomic mass is 16.3. The topological polar surface area (TPSA) is 32.5 Å². The molecule has 0 aliphatic carbocycles. The summed E-state index contributed by atoms with van der Waals surface area (Å²) in [6.07, 6.45) is 3.65. The van der Waals surface area contributed by atoms with Crippen LogP contribution in [0.25, 0.3) is 0 Å². The predicted octanol–water partition coefficient (Wildman–Crippen LogP) is 2.24. The molecule has 0 spiro atoms. The Kier molecular flexibility index (Phi) is 3.49. The van der Waals surface area contributed by atoms with E-state index in [0.717, 1.165) is 30.7 Å². The van der Waals surface area contributed by atoms with Gasteiger partial charge < -0.3 is 4.42 Å². The molecule has 2 aromatic rings. The molecule has 2 aliphatic rings. The van der Waals surface area contributed by atoms with Crippen LogP contribution in [0, 0.1) is 11.8 Å². The number of pyridine rings is 1. The van der Waals surface area contributed by atoms with Gasteiger partial charge in [0.1, 0.15) is 5.76 Å². The molecule has 4 heterocycles. The Hall–Kier alpha value is -1.65. The normalized spacial score (nSPS) is 26.3. The van der Waals surface area contributed by atoms with Gasteiger partial charge in [-0.25, -0.2) is 0 Å². The second kappa shape index (κ2) is 5.62. The molecule has 21 heavy (non-hydrogen) atoms. The molecule has 110 valence electrons. The lowest BCUT2D eigenvalue weighted by molar-refractivity contribution is 0.233. The van der Waals surface area contributed by atoms with Gasteiger partial charge in [0, 0.05) is 38.9 Å². The first-order chi connectivity index (χ1) is 10.4. The summed E-state index contributed by atoms with van der Waals surface area (Å²) in [6, 6.07) is 10.2. The maximum Gasteiger partial charge on any atom is 0.117 e. The van der Waals surface area contributed by atoms with Crippen molar-refractivity contribution in [1.82, 2.24) is 14.8 Å². The Morgan fingerprint density at radius 2 is 1.71 bits per heavy atom. The van der Waals surface area contributed by atoms with E-state index in [1.165, 1.54) is 31.9 Å². The summed E-state index contributed by atoms with van der Waals surface area (Å²) in [5, 5.41) is 0. The van der Waals surface area contributed by atoms with E-state index in [9.17, 15) is 0 Å². The number of hydrogen-bond acceptors (Lipinski definition) is 4. The van der Waals surface area contributed by atoms with Crippen LogP contribution in [0.1, 0.15) is 11.5 Å². The average Bonchev–Trinajstić information content (AvgIpc) is 3.17. The van der Waals surface area contributed by atoms with Crippen molar-refractivity contribution in [3.8, 4) is 0 Å². The van der Waals surface area contributed by atoms with Gasteiger partial charge >= 0.3 is 0 Å². The van der Waals surface area contributed by atoms with E-state index in [4.69, 9.17) is 4.42 Å². The second-order valence-electron chi connectivity index (χ2n) is 6.31. The molecular formula is C17H21N3O. The molecule has 2 unspecified atom stereocenters. The van der Waals surface area contributed by atoms with Crippen LogP contribution in [0.15, 0.2) is 47.2 Å². The SMILES string of the molecule is c1ccc(CN2CC3CN(Cc4ccco4)CC3C2)nc1. The molecule has 0 radical (unpaired) electrons. The number of rotatable bonds is 4. The molecule has 0 aromatic carbocycles. The predicted molar refractivity (Wildman–Crippen MR) is 80.5 cm³/mol. The number of furan rings is 1. The molecular weight excluding hydrogens is 262 g/mol. The number of nitrogens with zero attached hydrogens (tertiary/aromatic N) is 3. The molecule has 0 bridgehead atoms. The van der Waals surface area contributed by atoms with E-state index in [1.54, 1.807) is 6.26 Å². The second-order valence-corrected chi connectivity index (χ2v) is 6.31. The Morgan fingerprint density at radius 3 is 2.33 bits per heavy atom. The Labute approximate surface area is 125 Å². The maximum absolute atomic E-state index is 5.46. The number of hydrogen-bond donors (Lipinski definition) is 0. The van der Waals surface area contributed by atoms with Crippen molar-refractivity contribution in [1.29, 1.82) is 0 Å². The summed E-state index contributed by atoms with van der Waals surface area (Å²) < 4.78 is 5.46. The van der Waals surface area contributed by atoms with E-state index in [-0.39, 0.29) is 0 Å². The van der Waals surface area contributed by atoms with Gasteiger partial charge in [-0.1, -0.05) is 6.07 Å². The Bertz CT molecular complexity index is 555. The van der Waals surface area contributed by atoms with E-state index < -0.39 is 0 Å². The fourth-order valence-corrected chi connectivity index (χ4v) is 3.79. The van der Waals surface area contributed by atoms with Crippen LogP contribution in [0.2, 0.25) is 0 Å². The number of likely N-dealkylation sites (tertiary alicyclic amines) is 2. The number of aromatic nitrogens is 1. The van der Waals surface area contributed by atoms with Gasteiger partial charge in [0.2, 0.25) is 0 Å².